The highest BCUT2D eigenvalue weighted by atomic mass is 16.3. The molecule has 2 aromatic carbocycles. The Hall–Kier alpha value is -7.21. The van der Waals surface area contributed by atoms with Gasteiger partial charge in [-0.25, -0.2) is 9.97 Å². The molecule has 3 aliphatic heterocycles. The number of hydrogen-bond donors (Lipinski definition) is 6. The number of rotatable bonds is 16. The Kier molecular flexibility index (Phi) is 12.7. The van der Waals surface area contributed by atoms with Crippen molar-refractivity contribution in [2.75, 3.05) is 60.1 Å². The molecule has 0 radical (unpaired) electrons. The summed E-state index contributed by atoms with van der Waals surface area (Å²) < 4.78 is 0. The fourth-order valence-electron chi connectivity index (χ4n) is 8.52. The predicted molar refractivity (Wildman–Crippen MR) is 239 cm³/mol. The lowest BCUT2D eigenvalue weighted by Crippen LogP contribution is -2.54. The third kappa shape index (κ3) is 9.13. The van der Waals surface area contributed by atoms with Crippen molar-refractivity contribution in [3.05, 3.63) is 101 Å². The first-order valence-electron chi connectivity index (χ1n) is 21.7. The minimum Gasteiger partial charge on any atom is -0.385 e. The number of piperidine rings is 1. The number of imide groups is 2. The minimum atomic E-state index is -1.01. The van der Waals surface area contributed by atoms with E-state index in [1.54, 1.807) is 24.3 Å². The lowest BCUT2D eigenvalue weighted by molar-refractivity contribution is -0.136. The SMILES string of the molecule is C=CCNC(=O)c1cnc(Nc2ccc(N3CCN(C(=O)CCCCNc4ccc5c(c4)C(=O)N(C4CCC(=O)NC4=O)C5=O)CC3)cc2)nc1Nc1ccc2c(n1)[C@@](O)(CC)CC2. The molecule has 1 aliphatic carbocycles. The van der Waals surface area contributed by atoms with Crippen LogP contribution in [-0.2, 0) is 26.4 Å². The molecule has 2 atom stereocenters. The molecular weight excluding hydrogens is 819 g/mol. The van der Waals surface area contributed by atoms with E-state index in [-0.39, 0.29) is 59.7 Å². The van der Waals surface area contributed by atoms with E-state index in [1.807, 2.05) is 48.2 Å². The van der Waals surface area contributed by atoms with E-state index in [2.05, 4.69) is 48.0 Å². The molecule has 8 rings (SSSR count). The lowest BCUT2D eigenvalue weighted by Gasteiger charge is -2.36. The highest BCUT2D eigenvalue weighted by Gasteiger charge is 2.44. The fraction of sp³-hybridized carbons (Fsp3) is 0.370. The first-order chi connectivity index (χ1) is 30.9. The van der Waals surface area contributed by atoms with Gasteiger partial charge in [0.2, 0.25) is 23.7 Å². The van der Waals surface area contributed by atoms with E-state index in [0.717, 1.165) is 28.3 Å². The standard InChI is InChI=1S/C46H51N11O7/c1-3-20-48-41(60)34-27-49-45(54-40(34)52-36-16-8-28-18-19-46(64,4-2)39(28)51-36)50-29-9-12-31(13-10-29)55-22-24-56(25-23-55)38(59)7-5-6-21-47-30-11-14-32-33(26-30)44(63)57(43(32)62)35-15-17-37(58)53-42(35)61/h3,8-14,16,26-27,35,47,64H,1,4-7,15,17-25H2,2H3,(H,48,60)(H,53,58,61)(H2,49,50,51,52,54)/t35?,46-/m1/s1. The summed E-state index contributed by atoms with van der Waals surface area (Å²) in [6, 6.07) is 15.5. The van der Waals surface area contributed by atoms with Gasteiger partial charge in [-0.2, -0.15) is 4.98 Å². The van der Waals surface area contributed by atoms with E-state index in [4.69, 9.17) is 4.98 Å². The number of aryl methyl sites for hydroxylation is 1. The Morgan fingerprint density at radius 2 is 1.69 bits per heavy atom. The van der Waals surface area contributed by atoms with Crippen molar-refractivity contribution < 1.29 is 33.9 Å². The van der Waals surface area contributed by atoms with Crippen molar-refractivity contribution in [3.8, 4) is 0 Å². The third-order valence-corrected chi connectivity index (χ3v) is 12.2. The molecule has 64 heavy (non-hydrogen) atoms. The molecular formula is C46H51N11O7. The number of nitrogens with zero attached hydrogens (tertiary/aromatic N) is 6. The number of piperazine rings is 1. The molecule has 6 N–H and O–H groups in total. The number of pyridine rings is 1. The number of aliphatic hydroxyl groups is 1. The molecule has 2 fully saturated rings. The van der Waals surface area contributed by atoms with E-state index < -0.39 is 35.3 Å². The van der Waals surface area contributed by atoms with Gasteiger partial charge in [0.15, 0.2) is 0 Å². The number of aromatic nitrogens is 3. The number of carbonyl (C=O) groups is 6. The summed E-state index contributed by atoms with van der Waals surface area (Å²) in [4.78, 5) is 95.1. The molecule has 6 amide bonds. The van der Waals surface area contributed by atoms with Gasteiger partial charge < -0.3 is 36.2 Å². The maximum absolute atomic E-state index is 13.1. The topological polar surface area (TPSA) is 231 Å². The number of carbonyl (C=O) groups excluding carboxylic acids is 6. The van der Waals surface area contributed by atoms with Crippen LogP contribution in [0, 0.1) is 0 Å². The Bertz CT molecular complexity index is 2510. The molecule has 5 heterocycles. The molecule has 4 aliphatic rings. The summed E-state index contributed by atoms with van der Waals surface area (Å²) in [6.45, 7) is 8.99. The minimum absolute atomic E-state index is 0.0594. The number of unbranched alkanes of at least 4 members (excludes halogenated alkanes) is 1. The van der Waals surface area contributed by atoms with Gasteiger partial charge in [-0.15, -0.1) is 6.58 Å². The Morgan fingerprint density at radius 1 is 0.922 bits per heavy atom. The molecule has 332 valence electrons. The zero-order valence-corrected chi connectivity index (χ0v) is 35.6. The largest absolute Gasteiger partial charge is 0.385 e. The van der Waals surface area contributed by atoms with Gasteiger partial charge in [0.25, 0.3) is 17.7 Å². The maximum atomic E-state index is 13.1. The van der Waals surface area contributed by atoms with Crippen molar-refractivity contribution in [3.63, 3.8) is 0 Å². The summed E-state index contributed by atoms with van der Waals surface area (Å²) >= 11 is 0. The van der Waals surface area contributed by atoms with Crippen molar-refractivity contribution in [2.24, 2.45) is 0 Å². The average molecular weight is 870 g/mol. The number of benzene rings is 2. The van der Waals surface area contributed by atoms with Crippen LogP contribution in [-0.4, -0.2) is 111 Å². The van der Waals surface area contributed by atoms with Gasteiger partial charge in [0.05, 0.1) is 16.8 Å². The molecule has 0 spiro atoms. The number of anilines is 6. The van der Waals surface area contributed by atoms with E-state index in [1.165, 1.54) is 6.20 Å². The zero-order valence-electron chi connectivity index (χ0n) is 35.6. The average Bonchev–Trinajstić information content (AvgIpc) is 3.76. The van der Waals surface area contributed by atoms with E-state index >= 15 is 0 Å². The van der Waals surface area contributed by atoms with Gasteiger partial charge in [-0.1, -0.05) is 19.1 Å². The van der Waals surface area contributed by atoms with Crippen LogP contribution in [0.4, 0.5) is 34.6 Å². The molecule has 18 heteroatoms. The number of hydrogen-bond acceptors (Lipinski definition) is 14. The monoisotopic (exact) mass is 869 g/mol. The summed E-state index contributed by atoms with van der Waals surface area (Å²) in [5, 5.41) is 25.8. The summed E-state index contributed by atoms with van der Waals surface area (Å²) in [7, 11) is 0. The lowest BCUT2D eigenvalue weighted by atomic mass is 9.98. The van der Waals surface area contributed by atoms with Crippen molar-refractivity contribution in [1.29, 1.82) is 0 Å². The van der Waals surface area contributed by atoms with Crippen LogP contribution in [0.5, 0.6) is 0 Å². The van der Waals surface area contributed by atoms with E-state index in [9.17, 15) is 33.9 Å². The second kappa shape index (κ2) is 18.6. The maximum Gasteiger partial charge on any atom is 0.262 e. The number of fused-ring (bicyclic) bond motifs is 2. The normalized spacial score (nSPS) is 19.2. The quantitative estimate of drug-likeness (QED) is 0.0528. The number of nitrogens with one attached hydrogen (secondary N) is 5. The number of amides is 6. The van der Waals surface area contributed by atoms with Gasteiger partial charge in [-0.3, -0.25) is 39.0 Å². The molecule has 0 bridgehead atoms. The molecule has 0 saturated carbocycles. The molecule has 18 nitrogen and oxygen atoms in total. The first kappa shape index (κ1) is 43.4. The fourth-order valence-corrected chi connectivity index (χ4v) is 8.52. The van der Waals surface area contributed by atoms with Crippen LogP contribution in [0.3, 0.4) is 0 Å². The van der Waals surface area contributed by atoms with Gasteiger partial charge in [0, 0.05) is 75.4 Å². The first-order valence-corrected chi connectivity index (χ1v) is 21.7. The van der Waals surface area contributed by atoms with Gasteiger partial charge in [-0.05, 0) is 92.6 Å². The zero-order chi connectivity index (χ0) is 45.0. The van der Waals surface area contributed by atoms with Crippen LogP contribution < -0.4 is 31.5 Å². The van der Waals surface area contributed by atoms with Crippen molar-refractivity contribution in [1.82, 2.24) is 35.4 Å². The van der Waals surface area contributed by atoms with Crippen LogP contribution in [0.25, 0.3) is 0 Å². The van der Waals surface area contributed by atoms with Crippen LogP contribution in [0.15, 0.2) is 73.4 Å². The Balaban J connectivity index is 0.797. The van der Waals surface area contributed by atoms with Crippen LogP contribution >= 0.6 is 0 Å². The third-order valence-electron chi connectivity index (χ3n) is 12.2. The summed E-state index contributed by atoms with van der Waals surface area (Å²) in [5.74, 6) is -1.48. The van der Waals surface area contributed by atoms with Gasteiger partial charge >= 0.3 is 0 Å². The Labute approximate surface area is 369 Å². The smallest absolute Gasteiger partial charge is 0.262 e. The Morgan fingerprint density at radius 3 is 2.44 bits per heavy atom. The van der Waals surface area contributed by atoms with Gasteiger partial charge in [0.1, 0.15) is 28.8 Å². The molecule has 1 unspecified atom stereocenters. The molecule has 4 aromatic rings. The molecule has 2 saturated heterocycles. The van der Waals surface area contributed by atoms with E-state index in [0.29, 0.717) is 82.0 Å². The van der Waals surface area contributed by atoms with Crippen molar-refractivity contribution in [2.45, 2.75) is 69.9 Å². The summed E-state index contributed by atoms with van der Waals surface area (Å²) in [5.41, 5.74) is 3.71. The van der Waals surface area contributed by atoms with Crippen LogP contribution in [0.2, 0.25) is 0 Å². The summed E-state index contributed by atoms with van der Waals surface area (Å²) in [6.07, 6.45) is 6.89. The highest BCUT2D eigenvalue weighted by Crippen LogP contribution is 2.39. The van der Waals surface area contributed by atoms with Crippen molar-refractivity contribution >= 4 is 70.1 Å². The van der Waals surface area contributed by atoms with Crippen LogP contribution in [0.1, 0.15) is 94.2 Å². The second-order valence-electron chi connectivity index (χ2n) is 16.3. The highest BCUT2D eigenvalue weighted by molar-refractivity contribution is 6.23. The second-order valence-corrected chi connectivity index (χ2v) is 16.3. The predicted octanol–water partition coefficient (Wildman–Crippen LogP) is 4.15. The molecule has 2 aromatic heterocycles.